The van der Waals surface area contributed by atoms with Gasteiger partial charge in [-0.1, -0.05) is 62.6 Å². The van der Waals surface area contributed by atoms with Crippen LogP contribution in [0, 0.1) is 0 Å². The van der Waals surface area contributed by atoms with Crippen LogP contribution in [0.15, 0.2) is 140 Å². The molecule has 0 radical (unpaired) electrons. The fourth-order valence-electron chi connectivity index (χ4n) is 4.15. The van der Waals surface area contributed by atoms with Crippen LogP contribution < -0.4 is 35.2 Å². The zero-order valence-electron chi connectivity index (χ0n) is 22.0. The van der Waals surface area contributed by atoms with E-state index in [1.165, 1.54) is 60.5 Å². The SMILES string of the molecule is CC(C)(C)c1cc[cH-]c1.[Cl-].[Cl-].[Hf+2]=[Si](c1ccccc1)c1ccccc1.c1ccc2c(c1)[cH-]c1ccccc12. The molecule has 6 aromatic carbocycles. The van der Waals surface area contributed by atoms with Crippen molar-refractivity contribution in [2.75, 3.05) is 0 Å². The average molecular weight is 718 g/mol. The molecule has 0 amide bonds. The summed E-state index contributed by atoms with van der Waals surface area (Å²) >= 11 is 1.27. The van der Waals surface area contributed by atoms with Gasteiger partial charge in [-0.2, -0.15) is 23.8 Å². The van der Waals surface area contributed by atoms with Crippen LogP contribution >= 0.6 is 0 Å². The Morgan fingerprint density at radius 3 is 1.37 bits per heavy atom. The van der Waals surface area contributed by atoms with Gasteiger partial charge in [-0.25, -0.2) is 6.07 Å². The molecule has 0 aromatic heterocycles. The summed E-state index contributed by atoms with van der Waals surface area (Å²) in [7, 11) is 0. The van der Waals surface area contributed by atoms with Gasteiger partial charge in [-0.15, -0.1) is 39.7 Å². The van der Waals surface area contributed by atoms with Crippen LogP contribution in [0.4, 0.5) is 0 Å². The van der Waals surface area contributed by atoms with Crippen molar-refractivity contribution in [2.45, 2.75) is 26.2 Å². The van der Waals surface area contributed by atoms with E-state index >= 15 is 0 Å². The van der Waals surface area contributed by atoms with Gasteiger partial charge in [0.05, 0.1) is 0 Å². The first-order valence-electron chi connectivity index (χ1n) is 12.4. The molecule has 0 atom stereocenters. The second-order valence-electron chi connectivity index (χ2n) is 9.85. The monoisotopic (exact) mass is 718 g/mol. The second-order valence-corrected chi connectivity index (χ2v) is 17.1. The van der Waals surface area contributed by atoms with Crippen LogP contribution in [-0.4, -0.2) is 5.49 Å². The molecule has 0 saturated carbocycles. The quantitative estimate of drug-likeness (QED) is 0.190. The van der Waals surface area contributed by atoms with E-state index in [4.69, 9.17) is 0 Å². The van der Waals surface area contributed by atoms with Gasteiger partial charge in [0.1, 0.15) is 0 Å². The molecule has 0 N–H and O–H groups in total. The smallest absolute Gasteiger partial charge is 0.0771 e. The molecule has 0 bridgehead atoms. The predicted octanol–water partition coefficient (Wildman–Crippen LogP) is 1.76. The molecule has 0 nitrogen and oxygen atoms in total. The molecule has 0 spiro atoms. The van der Waals surface area contributed by atoms with Crippen molar-refractivity contribution < 1.29 is 47.8 Å². The van der Waals surface area contributed by atoms with E-state index in [9.17, 15) is 0 Å². The van der Waals surface area contributed by atoms with Crippen LogP contribution in [0.3, 0.4) is 0 Å². The maximum Gasteiger partial charge on any atom is -0.0771 e. The van der Waals surface area contributed by atoms with Crippen LogP contribution in [0.5, 0.6) is 0 Å². The third kappa shape index (κ3) is 8.64. The molecule has 0 unspecified atom stereocenters. The van der Waals surface area contributed by atoms with Crippen LogP contribution in [0.1, 0.15) is 26.3 Å². The first kappa shape index (κ1) is 32.0. The van der Waals surface area contributed by atoms with Crippen LogP contribution in [-0.2, 0) is 28.4 Å². The normalized spacial score (nSPS) is 10.2. The maximum absolute atomic E-state index is 2.26. The van der Waals surface area contributed by atoms with Gasteiger partial charge in [0.15, 0.2) is 0 Å². The average Bonchev–Trinajstić information content (AvgIpc) is 3.59. The van der Waals surface area contributed by atoms with Crippen molar-refractivity contribution in [1.29, 1.82) is 0 Å². The Morgan fingerprint density at radius 1 is 0.579 bits per heavy atom. The molecule has 0 heterocycles. The molecule has 192 valence electrons. The minimum Gasteiger partial charge on any atom is -0.126 e. The van der Waals surface area contributed by atoms with E-state index in [0.717, 1.165) is 0 Å². The maximum atomic E-state index is 2.26. The Bertz CT molecular complexity index is 1420. The summed E-state index contributed by atoms with van der Waals surface area (Å²) in [5.41, 5.74) is 1.34. The Kier molecular flexibility index (Phi) is 12.9. The van der Waals surface area contributed by atoms with Gasteiger partial charge >= 0.3 is 99.5 Å². The molecule has 0 fully saturated rings. The number of hydrogen-bond acceptors (Lipinski definition) is 0. The Hall–Kier alpha value is -2.23. The number of rotatable bonds is 2. The number of benzene rings is 4. The molecule has 0 saturated heterocycles. The summed E-state index contributed by atoms with van der Waals surface area (Å²) in [6.07, 6.45) is 0. The zero-order chi connectivity index (χ0) is 25.4. The van der Waals surface area contributed by atoms with Gasteiger partial charge in [0, 0.05) is 0 Å². The summed E-state index contributed by atoms with van der Waals surface area (Å²) in [6.45, 7) is 6.67. The Balaban J connectivity index is 0.000000200. The number of fused-ring (bicyclic) bond motifs is 3. The molecular formula is C34H32Cl2HfSi-2. The third-order valence-electron chi connectivity index (χ3n) is 6.18. The molecule has 0 aliphatic carbocycles. The first-order valence-corrected chi connectivity index (χ1v) is 19.3. The number of halogens is 2. The van der Waals surface area contributed by atoms with Crippen molar-refractivity contribution in [1.82, 2.24) is 0 Å². The van der Waals surface area contributed by atoms with E-state index in [1.807, 2.05) is 0 Å². The second kappa shape index (κ2) is 15.4. The molecule has 6 aromatic rings. The molecular weight excluding hydrogens is 686 g/mol. The fourth-order valence-corrected chi connectivity index (χ4v) is 9.13. The minimum atomic E-state index is -0.406. The molecule has 0 aliphatic rings. The Morgan fingerprint density at radius 2 is 1.00 bits per heavy atom. The van der Waals surface area contributed by atoms with Crippen molar-refractivity contribution in [2.24, 2.45) is 0 Å². The summed E-state index contributed by atoms with van der Waals surface area (Å²) in [5.74, 6) is 0. The molecule has 6 rings (SSSR count). The standard InChI is InChI=1S/C13H9.C12H10Si.C9H13.2ClH.Hf/c1-3-7-12-10(5-1)9-11-6-2-4-8-13(11)12;1-3-7-11(8-4-1)13-12-9-5-2-6-10-12;1-9(2,3)8-6-4-5-7-8;;;/h1-9H;1-10H;4-7H,1-3H3;2*1H;/q-1;;-1;;;+2/p-2. The van der Waals surface area contributed by atoms with Crippen LogP contribution in [0.2, 0.25) is 0 Å². The first-order chi connectivity index (χ1) is 17.4. The van der Waals surface area contributed by atoms with E-state index in [2.05, 4.69) is 160 Å². The minimum absolute atomic E-state index is 0. The molecule has 0 aliphatic heterocycles. The van der Waals surface area contributed by atoms with Gasteiger partial charge in [0.25, 0.3) is 0 Å². The Labute approximate surface area is 254 Å². The predicted molar refractivity (Wildman–Crippen MR) is 156 cm³/mol. The summed E-state index contributed by atoms with van der Waals surface area (Å²) in [6, 6.07) is 49.5. The third-order valence-corrected chi connectivity index (χ3v) is 14.2. The van der Waals surface area contributed by atoms with Crippen molar-refractivity contribution in [3.05, 3.63) is 145 Å². The topological polar surface area (TPSA) is 0 Å². The van der Waals surface area contributed by atoms with Gasteiger partial charge in [-0.05, 0) is 0 Å². The van der Waals surface area contributed by atoms with Gasteiger partial charge in [0.2, 0.25) is 0 Å². The van der Waals surface area contributed by atoms with Crippen molar-refractivity contribution in [3.63, 3.8) is 0 Å². The van der Waals surface area contributed by atoms with E-state index in [1.54, 1.807) is 0 Å². The zero-order valence-corrected chi connectivity index (χ0v) is 28.1. The van der Waals surface area contributed by atoms with E-state index in [-0.39, 0.29) is 24.8 Å². The summed E-state index contributed by atoms with van der Waals surface area (Å²) in [5, 5.41) is 8.47. The van der Waals surface area contributed by atoms with E-state index in [0.29, 0.717) is 5.41 Å². The van der Waals surface area contributed by atoms with Crippen molar-refractivity contribution >= 4 is 37.4 Å². The largest absolute Gasteiger partial charge is 0.126 e. The van der Waals surface area contributed by atoms with Crippen molar-refractivity contribution in [3.8, 4) is 0 Å². The van der Waals surface area contributed by atoms with Gasteiger partial charge < -0.3 is 24.8 Å². The van der Waals surface area contributed by atoms with Crippen LogP contribution in [0.25, 0.3) is 21.5 Å². The van der Waals surface area contributed by atoms with E-state index < -0.39 is 5.49 Å². The fraction of sp³-hybridized carbons (Fsp3) is 0.118. The number of hydrogen-bond donors (Lipinski definition) is 0. The molecule has 4 heteroatoms. The molecule has 38 heavy (non-hydrogen) atoms. The van der Waals surface area contributed by atoms with Gasteiger partial charge in [-0.3, -0.25) is 0 Å². The summed E-state index contributed by atoms with van der Waals surface area (Å²) in [4.78, 5) is 0. The summed E-state index contributed by atoms with van der Waals surface area (Å²) < 4.78 is 0.